The summed E-state index contributed by atoms with van der Waals surface area (Å²) >= 11 is 3.33. The molecule has 0 saturated carbocycles. The van der Waals surface area contributed by atoms with Crippen LogP contribution in [0.5, 0.6) is 11.5 Å². The molecular formula is C16H14BrFO3. The van der Waals surface area contributed by atoms with Gasteiger partial charge < -0.3 is 9.47 Å². The maximum Gasteiger partial charge on any atom is 0.200 e. The van der Waals surface area contributed by atoms with Crippen molar-refractivity contribution in [1.82, 2.24) is 0 Å². The van der Waals surface area contributed by atoms with Crippen LogP contribution in [0.1, 0.15) is 15.9 Å². The first-order chi connectivity index (χ1) is 10.0. The molecule has 5 heteroatoms. The third kappa shape index (κ3) is 3.82. The van der Waals surface area contributed by atoms with E-state index >= 15 is 0 Å². The van der Waals surface area contributed by atoms with Crippen LogP contribution in [0, 0.1) is 12.7 Å². The van der Waals surface area contributed by atoms with Crippen molar-refractivity contribution in [2.45, 2.75) is 6.92 Å². The van der Waals surface area contributed by atoms with E-state index in [1.54, 1.807) is 38.3 Å². The van der Waals surface area contributed by atoms with E-state index in [1.807, 2.05) is 0 Å². The Morgan fingerprint density at radius 3 is 2.62 bits per heavy atom. The topological polar surface area (TPSA) is 35.5 Å². The van der Waals surface area contributed by atoms with E-state index in [1.165, 1.54) is 12.1 Å². The Bertz CT molecular complexity index is 671. The number of Topliss-reactive ketones (excluding diaryl/α,β-unsaturated/α-hetero) is 1. The quantitative estimate of drug-likeness (QED) is 0.757. The second-order valence-electron chi connectivity index (χ2n) is 4.47. The Kier molecular flexibility index (Phi) is 4.96. The number of ketones is 1. The summed E-state index contributed by atoms with van der Waals surface area (Å²) in [6.07, 6.45) is 0. The minimum Gasteiger partial charge on any atom is -0.496 e. The predicted molar refractivity (Wildman–Crippen MR) is 81.7 cm³/mol. The van der Waals surface area contributed by atoms with Gasteiger partial charge in [0.15, 0.2) is 12.4 Å². The molecule has 0 aliphatic rings. The molecule has 0 aliphatic heterocycles. The van der Waals surface area contributed by atoms with E-state index in [2.05, 4.69) is 15.9 Å². The van der Waals surface area contributed by atoms with Gasteiger partial charge in [-0.15, -0.1) is 0 Å². The van der Waals surface area contributed by atoms with Crippen molar-refractivity contribution in [3.8, 4) is 11.5 Å². The second kappa shape index (κ2) is 6.72. The number of rotatable bonds is 5. The summed E-state index contributed by atoms with van der Waals surface area (Å²) in [7, 11) is 1.55. The molecule has 2 aromatic rings. The van der Waals surface area contributed by atoms with E-state index in [-0.39, 0.29) is 12.4 Å². The first kappa shape index (κ1) is 15.5. The summed E-state index contributed by atoms with van der Waals surface area (Å²) in [6, 6.07) is 9.26. The normalized spacial score (nSPS) is 10.3. The minimum absolute atomic E-state index is 0.150. The van der Waals surface area contributed by atoms with Crippen molar-refractivity contribution < 1.29 is 18.7 Å². The second-order valence-corrected chi connectivity index (χ2v) is 5.33. The summed E-state index contributed by atoms with van der Waals surface area (Å²) in [4.78, 5) is 12.1. The van der Waals surface area contributed by atoms with Gasteiger partial charge in [-0.05, 0) is 52.7 Å². The van der Waals surface area contributed by atoms with Gasteiger partial charge in [0.1, 0.15) is 17.3 Å². The van der Waals surface area contributed by atoms with Crippen LogP contribution in [0.15, 0.2) is 40.9 Å². The number of hydrogen-bond donors (Lipinski definition) is 0. The molecule has 0 atom stereocenters. The number of halogens is 2. The minimum atomic E-state index is -0.393. The number of methoxy groups -OCH3 is 1. The fraction of sp³-hybridized carbons (Fsp3) is 0.188. The highest BCUT2D eigenvalue weighted by molar-refractivity contribution is 9.10. The average molecular weight is 353 g/mol. The molecule has 3 nitrogen and oxygen atoms in total. The largest absolute Gasteiger partial charge is 0.496 e. The highest BCUT2D eigenvalue weighted by Crippen LogP contribution is 2.26. The number of hydrogen-bond acceptors (Lipinski definition) is 3. The van der Waals surface area contributed by atoms with Crippen LogP contribution in [0.3, 0.4) is 0 Å². The fourth-order valence-electron chi connectivity index (χ4n) is 1.80. The number of carbonyl (C=O) groups excluding carboxylic acids is 1. The van der Waals surface area contributed by atoms with Crippen molar-refractivity contribution in [3.63, 3.8) is 0 Å². The number of aryl methyl sites for hydroxylation is 1. The van der Waals surface area contributed by atoms with Gasteiger partial charge in [-0.1, -0.05) is 6.07 Å². The molecule has 0 unspecified atom stereocenters. The first-order valence-corrected chi connectivity index (χ1v) is 7.06. The van der Waals surface area contributed by atoms with Gasteiger partial charge in [0.2, 0.25) is 0 Å². The van der Waals surface area contributed by atoms with Gasteiger partial charge in [-0.3, -0.25) is 4.79 Å². The molecule has 21 heavy (non-hydrogen) atoms. The Hall–Kier alpha value is -1.88. The Morgan fingerprint density at radius 1 is 1.19 bits per heavy atom. The molecule has 2 rings (SSSR count). The lowest BCUT2D eigenvalue weighted by Gasteiger charge is -2.09. The molecule has 0 heterocycles. The molecule has 0 fully saturated rings. The molecular weight excluding hydrogens is 339 g/mol. The van der Waals surface area contributed by atoms with Gasteiger partial charge in [0.05, 0.1) is 11.6 Å². The summed E-state index contributed by atoms with van der Waals surface area (Å²) < 4.78 is 24.3. The molecule has 0 amide bonds. The van der Waals surface area contributed by atoms with Crippen LogP contribution >= 0.6 is 15.9 Å². The zero-order chi connectivity index (χ0) is 15.4. The zero-order valence-electron chi connectivity index (χ0n) is 11.7. The molecule has 0 spiro atoms. The van der Waals surface area contributed by atoms with Crippen molar-refractivity contribution in [1.29, 1.82) is 0 Å². The third-order valence-corrected chi connectivity index (χ3v) is 3.60. The lowest BCUT2D eigenvalue weighted by Crippen LogP contribution is -2.12. The third-order valence-electron chi connectivity index (χ3n) is 2.98. The Morgan fingerprint density at radius 2 is 1.95 bits per heavy atom. The Labute approximate surface area is 130 Å². The predicted octanol–water partition coefficient (Wildman–Crippen LogP) is 4.17. The van der Waals surface area contributed by atoms with Crippen LogP contribution in [-0.2, 0) is 0 Å². The lowest BCUT2D eigenvalue weighted by molar-refractivity contribution is 0.0920. The monoisotopic (exact) mass is 352 g/mol. The van der Waals surface area contributed by atoms with Crippen molar-refractivity contribution in [2.75, 3.05) is 13.7 Å². The first-order valence-electron chi connectivity index (χ1n) is 6.27. The standard InChI is InChI=1S/C16H14BrFO3/c1-10-3-5-12(18)8-16(10)21-9-14(19)11-4-6-15(20-2)13(17)7-11/h3-8H,9H2,1-2H3. The summed E-state index contributed by atoms with van der Waals surface area (Å²) in [5.41, 5.74) is 1.27. The molecule has 0 saturated heterocycles. The molecule has 110 valence electrons. The van der Waals surface area contributed by atoms with E-state index in [4.69, 9.17) is 9.47 Å². The molecule has 0 aliphatic carbocycles. The molecule has 0 N–H and O–H groups in total. The zero-order valence-corrected chi connectivity index (χ0v) is 13.2. The average Bonchev–Trinajstić information content (AvgIpc) is 2.47. The van der Waals surface area contributed by atoms with Crippen LogP contribution in [-0.4, -0.2) is 19.5 Å². The van der Waals surface area contributed by atoms with E-state index in [0.29, 0.717) is 21.5 Å². The van der Waals surface area contributed by atoms with Crippen LogP contribution in [0.2, 0.25) is 0 Å². The summed E-state index contributed by atoms with van der Waals surface area (Å²) in [6.45, 7) is 1.65. The van der Waals surface area contributed by atoms with Gasteiger partial charge in [-0.25, -0.2) is 4.39 Å². The smallest absolute Gasteiger partial charge is 0.200 e. The number of carbonyl (C=O) groups is 1. The van der Waals surface area contributed by atoms with Crippen LogP contribution < -0.4 is 9.47 Å². The SMILES string of the molecule is COc1ccc(C(=O)COc2cc(F)ccc2C)cc1Br. The Balaban J connectivity index is 2.08. The molecule has 0 radical (unpaired) electrons. The van der Waals surface area contributed by atoms with Crippen molar-refractivity contribution >= 4 is 21.7 Å². The molecule has 2 aromatic carbocycles. The molecule has 0 bridgehead atoms. The maximum absolute atomic E-state index is 13.1. The van der Waals surface area contributed by atoms with E-state index in [0.717, 1.165) is 5.56 Å². The fourth-order valence-corrected chi connectivity index (χ4v) is 2.34. The summed E-state index contributed by atoms with van der Waals surface area (Å²) in [5, 5.41) is 0. The lowest BCUT2D eigenvalue weighted by atomic mass is 10.1. The highest BCUT2D eigenvalue weighted by Gasteiger charge is 2.11. The van der Waals surface area contributed by atoms with Crippen LogP contribution in [0.4, 0.5) is 4.39 Å². The van der Waals surface area contributed by atoms with Gasteiger partial charge >= 0.3 is 0 Å². The van der Waals surface area contributed by atoms with Gasteiger partial charge in [0, 0.05) is 11.6 Å². The maximum atomic E-state index is 13.1. The van der Waals surface area contributed by atoms with Gasteiger partial charge in [0.25, 0.3) is 0 Å². The highest BCUT2D eigenvalue weighted by atomic mass is 79.9. The number of ether oxygens (including phenoxy) is 2. The molecule has 0 aromatic heterocycles. The van der Waals surface area contributed by atoms with Gasteiger partial charge in [-0.2, -0.15) is 0 Å². The van der Waals surface area contributed by atoms with E-state index in [9.17, 15) is 9.18 Å². The summed E-state index contributed by atoms with van der Waals surface area (Å²) in [5.74, 6) is 0.432. The van der Waals surface area contributed by atoms with Crippen molar-refractivity contribution in [3.05, 3.63) is 57.8 Å². The van der Waals surface area contributed by atoms with E-state index < -0.39 is 5.82 Å². The van der Waals surface area contributed by atoms with Crippen molar-refractivity contribution in [2.24, 2.45) is 0 Å². The van der Waals surface area contributed by atoms with Crippen LogP contribution in [0.25, 0.3) is 0 Å². The number of benzene rings is 2.